The minimum Gasteiger partial charge on any atom is -0.491 e. The van der Waals surface area contributed by atoms with Gasteiger partial charge in [0, 0.05) is 17.9 Å². The molecule has 2 aromatic carbocycles. The van der Waals surface area contributed by atoms with Crippen molar-refractivity contribution in [2.45, 2.75) is 26.4 Å². The molecule has 146 valence electrons. The maximum atomic E-state index is 12.1. The van der Waals surface area contributed by atoms with Crippen LogP contribution in [0.1, 0.15) is 19.4 Å². The predicted molar refractivity (Wildman–Crippen MR) is 107 cm³/mol. The van der Waals surface area contributed by atoms with Crippen LogP contribution in [0.3, 0.4) is 0 Å². The third-order valence-electron chi connectivity index (χ3n) is 3.54. The molecule has 0 saturated carbocycles. The van der Waals surface area contributed by atoms with Crippen LogP contribution in [0.5, 0.6) is 5.75 Å². The molecule has 0 bridgehead atoms. The van der Waals surface area contributed by atoms with Gasteiger partial charge in [-0.1, -0.05) is 12.1 Å². The Morgan fingerprint density at radius 1 is 1.07 bits per heavy atom. The van der Waals surface area contributed by atoms with Crippen molar-refractivity contribution in [3.05, 3.63) is 54.1 Å². The summed E-state index contributed by atoms with van der Waals surface area (Å²) in [5.41, 5.74) is 7.67. The molecule has 1 amide bonds. The molecule has 0 spiro atoms. The highest BCUT2D eigenvalue weighted by atomic mass is 32.2. The third kappa shape index (κ3) is 7.57. The lowest BCUT2D eigenvalue weighted by Crippen LogP contribution is -2.34. The average Bonchev–Trinajstić information content (AvgIpc) is 2.57. The lowest BCUT2D eigenvalue weighted by Gasteiger charge is -2.11. The largest absolute Gasteiger partial charge is 0.491 e. The quantitative estimate of drug-likeness (QED) is 0.567. The summed E-state index contributed by atoms with van der Waals surface area (Å²) in [6, 6.07) is 13.8. The van der Waals surface area contributed by atoms with Gasteiger partial charge in [0.1, 0.15) is 11.5 Å². The minimum atomic E-state index is -3.79. The Bertz CT molecular complexity index is 848. The first kappa shape index (κ1) is 20.6. The number of nitrogen functional groups attached to an aromatic ring is 1. The molecule has 0 aromatic heterocycles. The van der Waals surface area contributed by atoms with Crippen molar-refractivity contribution in [1.29, 1.82) is 0 Å². The number of nitrogens with two attached hydrogens (primary N) is 1. The molecule has 8 heteroatoms. The molecule has 0 heterocycles. The van der Waals surface area contributed by atoms with Gasteiger partial charge in [-0.15, -0.1) is 0 Å². The number of rotatable bonds is 9. The number of anilines is 2. The molecule has 7 nitrogen and oxygen atoms in total. The van der Waals surface area contributed by atoms with E-state index in [4.69, 9.17) is 10.5 Å². The van der Waals surface area contributed by atoms with Gasteiger partial charge in [-0.3, -0.25) is 9.52 Å². The fraction of sp³-hybridized carbons (Fsp3) is 0.316. The summed E-state index contributed by atoms with van der Waals surface area (Å²) in [6.45, 7) is 4.16. The highest BCUT2D eigenvalue weighted by molar-refractivity contribution is 7.93. The number of hydrogen-bond donors (Lipinski definition) is 3. The molecular formula is C19H25N3O4S. The Hall–Kier alpha value is -2.74. The van der Waals surface area contributed by atoms with Gasteiger partial charge in [-0.2, -0.15) is 0 Å². The monoisotopic (exact) mass is 391 g/mol. The van der Waals surface area contributed by atoms with Crippen molar-refractivity contribution in [3.63, 3.8) is 0 Å². The van der Waals surface area contributed by atoms with E-state index >= 15 is 0 Å². The molecule has 0 atom stereocenters. The molecule has 0 radical (unpaired) electrons. The van der Waals surface area contributed by atoms with E-state index in [9.17, 15) is 13.2 Å². The van der Waals surface area contributed by atoms with E-state index in [1.54, 1.807) is 36.4 Å². The Kier molecular flexibility index (Phi) is 7.06. The maximum Gasteiger partial charge on any atom is 0.241 e. The second-order valence-electron chi connectivity index (χ2n) is 6.39. The molecular weight excluding hydrogens is 366 g/mol. The number of sulfonamides is 1. The predicted octanol–water partition coefficient (Wildman–Crippen LogP) is 2.16. The topological polar surface area (TPSA) is 111 Å². The summed E-state index contributed by atoms with van der Waals surface area (Å²) >= 11 is 0. The molecule has 0 aliphatic heterocycles. The number of carbonyl (C=O) groups excluding carboxylic acids is 1. The highest BCUT2D eigenvalue weighted by Crippen LogP contribution is 2.17. The van der Waals surface area contributed by atoms with Crippen LogP contribution in [0.4, 0.5) is 11.4 Å². The van der Waals surface area contributed by atoms with Crippen LogP contribution >= 0.6 is 0 Å². The Labute approximate surface area is 160 Å². The van der Waals surface area contributed by atoms with Gasteiger partial charge in [-0.05, 0) is 62.2 Å². The van der Waals surface area contributed by atoms with E-state index in [2.05, 4.69) is 10.0 Å². The van der Waals surface area contributed by atoms with Gasteiger partial charge < -0.3 is 15.8 Å². The fourth-order valence-electron chi connectivity index (χ4n) is 2.34. The summed E-state index contributed by atoms with van der Waals surface area (Å²) < 4.78 is 32.1. The van der Waals surface area contributed by atoms with Gasteiger partial charge in [0.15, 0.2) is 0 Å². The second-order valence-corrected chi connectivity index (χ2v) is 8.12. The molecule has 0 saturated heterocycles. The van der Waals surface area contributed by atoms with Crippen molar-refractivity contribution >= 4 is 27.3 Å². The van der Waals surface area contributed by atoms with Crippen LogP contribution in [-0.2, 0) is 21.2 Å². The summed E-state index contributed by atoms with van der Waals surface area (Å²) in [6.07, 6.45) is 0.626. The summed E-state index contributed by atoms with van der Waals surface area (Å²) in [5, 5.41) is 2.61. The molecule has 27 heavy (non-hydrogen) atoms. The average molecular weight is 391 g/mol. The van der Waals surface area contributed by atoms with Crippen LogP contribution < -0.4 is 20.5 Å². The first-order valence-corrected chi connectivity index (χ1v) is 10.3. The number of carbonyl (C=O) groups is 1. The van der Waals surface area contributed by atoms with Crippen LogP contribution in [0.25, 0.3) is 0 Å². The Balaban J connectivity index is 1.80. The lowest BCUT2D eigenvalue weighted by atomic mass is 10.1. The highest BCUT2D eigenvalue weighted by Gasteiger charge is 2.16. The van der Waals surface area contributed by atoms with Crippen molar-refractivity contribution in [2.24, 2.45) is 0 Å². The smallest absolute Gasteiger partial charge is 0.241 e. The van der Waals surface area contributed by atoms with E-state index in [-0.39, 0.29) is 6.10 Å². The third-order valence-corrected chi connectivity index (χ3v) is 4.73. The summed E-state index contributed by atoms with van der Waals surface area (Å²) in [5.74, 6) is -0.551. The minimum absolute atomic E-state index is 0.0319. The summed E-state index contributed by atoms with van der Waals surface area (Å²) in [4.78, 5) is 11.9. The number of nitrogens with one attached hydrogen (secondary N) is 2. The lowest BCUT2D eigenvalue weighted by molar-refractivity contribution is -0.118. The van der Waals surface area contributed by atoms with Gasteiger partial charge >= 0.3 is 0 Å². The van der Waals surface area contributed by atoms with Crippen molar-refractivity contribution in [2.75, 3.05) is 22.8 Å². The molecule has 2 rings (SSSR count). The maximum absolute atomic E-state index is 12.1. The van der Waals surface area contributed by atoms with Crippen LogP contribution in [0.2, 0.25) is 0 Å². The second kappa shape index (κ2) is 9.27. The first-order valence-electron chi connectivity index (χ1n) is 8.62. The number of ether oxygens (including phenoxy) is 1. The van der Waals surface area contributed by atoms with Crippen molar-refractivity contribution in [3.8, 4) is 5.75 Å². The summed E-state index contributed by atoms with van der Waals surface area (Å²) in [7, 11) is -3.79. The Morgan fingerprint density at radius 2 is 1.70 bits per heavy atom. The fourth-order valence-corrected chi connectivity index (χ4v) is 3.36. The molecule has 0 unspecified atom stereocenters. The molecule has 2 aromatic rings. The number of benzene rings is 2. The molecule has 4 N–H and O–H groups in total. The first-order chi connectivity index (χ1) is 12.7. The van der Waals surface area contributed by atoms with Crippen LogP contribution in [0.15, 0.2) is 48.5 Å². The van der Waals surface area contributed by atoms with Gasteiger partial charge in [0.05, 0.1) is 6.10 Å². The van der Waals surface area contributed by atoms with E-state index in [1.165, 1.54) is 0 Å². The van der Waals surface area contributed by atoms with Gasteiger partial charge in [0.25, 0.3) is 0 Å². The zero-order chi connectivity index (χ0) is 19.9. The zero-order valence-electron chi connectivity index (χ0n) is 15.4. The van der Waals surface area contributed by atoms with E-state index < -0.39 is 21.7 Å². The van der Waals surface area contributed by atoms with Gasteiger partial charge in [-0.25, -0.2) is 8.42 Å². The standard InChI is InChI=1S/C19H25N3O4S/c1-14(2)26-18-9-7-17(8-10-18)22-27(24,25)13-19(23)21-12-11-15-3-5-16(20)6-4-15/h3-10,14,22H,11-13,20H2,1-2H3,(H,21,23). The molecule has 0 fully saturated rings. The van der Waals surface area contributed by atoms with E-state index in [0.717, 1.165) is 5.56 Å². The van der Waals surface area contributed by atoms with E-state index in [0.29, 0.717) is 30.1 Å². The van der Waals surface area contributed by atoms with Crippen molar-refractivity contribution < 1.29 is 17.9 Å². The SMILES string of the molecule is CC(C)Oc1ccc(NS(=O)(=O)CC(=O)NCCc2ccc(N)cc2)cc1. The Morgan fingerprint density at radius 3 is 2.30 bits per heavy atom. The number of amides is 1. The number of hydrogen-bond acceptors (Lipinski definition) is 5. The molecule has 0 aliphatic rings. The zero-order valence-corrected chi connectivity index (χ0v) is 16.3. The van der Waals surface area contributed by atoms with Crippen LogP contribution in [-0.4, -0.2) is 32.7 Å². The van der Waals surface area contributed by atoms with Crippen molar-refractivity contribution in [1.82, 2.24) is 5.32 Å². The normalized spacial score (nSPS) is 11.2. The molecule has 0 aliphatic carbocycles. The van der Waals surface area contributed by atoms with Gasteiger partial charge in [0.2, 0.25) is 15.9 Å². The van der Waals surface area contributed by atoms with Crippen LogP contribution in [0, 0.1) is 0 Å². The van der Waals surface area contributed by atoms with E-state index in [1.807, 2.05) is 26.0 Å².